The lowest BCUT2D eigenvalue weighted by Crippen LogP contribution is -2.50. The third-order valence-corrected chi connectivity index (χ3v) is 20.8. The Labute approximate surface area is 295 Å². The van der Waals surface area contributed by atoms with E-state index in [2.05, 4.69) is 4.90 Å². The van der Waals surface area contributed by atoms with Crippen molar-refractivity contribution in [3.63, 3.8) is 0 Å². The van der Waals surface area contributed by atoms with Gasteiger partial charge in [0, 0.05) is 17.6 Å². The summed E-state index contributed by atoms with van der Waals surface area (Å²) >= 11 is 0. The minimum absolute atomic E-state index is 0.0333. The third-order valence-electron chi connectivity index (χ3n) is 11.6. The van der Waals surface area contributed by atoms with Crippen LogP contribution in [-0.4, -0.2) is 44.0 Å². The molecule has 0 saturated carbocycles. The van der Waals surface area contributed by atoms with Crippen molar-refractivity contribution in [2.75, 3.05) is 0 Å². The summed E-state index contributed by atoms with van der Waals surface area (Å²) in [6.45, 7) is 13.7. The van der Waals surface area contributed by atoms with Gasteiger partial charge in [-0.1, -0.05) is 85.7 Å². The molecule has 13 nitrogen and oxygen atoms in total. The quantitative estimate of drug-likeness (QED) is 0.0789. The summed E-state index contributed by atoms with van der Waals surface area (Å²) in [5, 5.41) is 0. The lowest BCUT2D eigenvalue weighted by atomic mass is 9.71. The van der Waals surface area contributed by atoms with Crippen LogP contribution in [0, 0.1) is 0 Å². The SMILES string of the molecule is CCc1c2c(c(CC)c(C(CC)(P(=O)(O)O)P(=O)(O)O)c1C(CC)(P(=O)(O)O)P(=O)(O)O)C(CC)(CC)N(Cc1ccccc1)C2(CC)CC. The first-order valence-electron chi connectivity index (χ1n) is 17.2. The lowest BCUT2D eigenvalue weighted by molar-refractivity contribution is -0.0238. The zero-order valence-electron chi connectivity index (χ0n) is 30.2. The lowest BCUT2D eigenvalue weighted by Gasteiger charge is -2.47. The highest BCUT2D eigenvalue weighted by Gasteiger charge is 2.70. The summed E-state index contributed by atoms with van der Waals surface area (Å²) in [4.78, 5) is 84.5. The van der Waals surface area contributed by atoms with E-state index in [9.17, 15) is 57.4 Å². The van der Waals surface area contributed by atoms with Gasteiger partial charge in [-0.2, -0.15) is 0 Å². The number of hydrogen-bond donors (Lipinski definition) is 8. The van der Waals surface area contributed by atoms with E-state index in [1.807, 2.05) is 58.0 Å². The van der Waals surface area contributed by atoms with Gasteiger partial charge in [0.15, 0.2) is 9.79 Å². The van der Waals surface area contributed by atoms with Crippen LogP contribution in [0.2, 0.25) is 0 Å². The maximum atomic E-state index is 13.8. The molecule has 0 radical (unpaired) electrons. The van der Waals surface area contributed by atoms with Crippen LogP contribution in [0.1, 0.15) is 133 Å². The molecular weight excluding hydrogens is 726 g/mol. The highest BCUT2D eigenvalue weighted by atomic mass is 31.2. The summed E-state index contributed by atoms with van der Waals surface area (Å²) in [6.07, 6.45) is -0.329. The molecule has 284 valence electrons. The minimum atomic E-state index is -6.01. The Hall–Kier alpha value is -1.00. The second-order valence-electron chi connectivity index (χ2n) is 13.2. The van der Waals surface area contributed by atoms with Crippen molar-refractivity contribution in [3.05, 3.63) is 69.3 Å². The van der Waals surface area contributed by atoms with E-state index in [1.165, 1.54) is 0 Å². The maximum absolute atomic E-state index is 13.8. The van der Waals surface area contributed by atoms with Crippen LogP contribution < -0.4 is 0 Å². The Kier molecular flexibility index (Phi) is 12.7. The van der Waals surface area contributed by atoms with E-state index in [1.54, 1.807) is 13.8 Å². The molecule has 1 heterocycles. The Morgan fingerprint density at radius 2 is 0.840 bits per heavy atom. The number of hydrogen-bond acceptors (Lipinski definition) is 5. The van der Waals surface area contributed by atoms with Crippen molar-refractivity contribution >= 4 is 30.4 Å². The van der Waals surface area contributed by atoms with Gasteiger partial charge in [0.2, 0.25) is 0 Å². The highest BCUT2D eigenvalue weighted by Crippen LogP contribution is 2.83. The van der Waals surface area contributed by atoms with Crippen LogP contribution in [0.15, 0.2) is 30.3 Å². The molecule has 0 amide bonds. The Morgan fingerprint density at radius 1 is 0.540 bits per heavy atom. The zero-order chi connectivity index (χ0) is 38.5. The van der Waals surface area contributed by atoms with E-state index in [0.29, 0.717) is 43.4 Å². The monoisotopic (exact) mass is 781 g/mol. The predicted octanol–water partition coefficient (Wildman–Crippen LogP) is 7.19. The largest absolute Gasteiger partial charge is 0.348 e. The maximum Gasteiger partial charge on any atom is 0.348 e. The molecule has 3 rings (SSSR count). The molecule has 1 aliphatic rings. The Balaban J connectivity index is 3.06. The van der Waals surface area contributed by atoms with E-state index >= 15 is 0 Å². The minimum Gasteiger partial charge on any atom is -0.323 e. The molecule has 0 atom stereocenters. The van der Waals surface area contributed by atoms with Crippen LogP contribution >= 0.6 is 30.4 Å². The summed E-state index contributed by atoms with van der Waals surface area (Å²) in [5.74, 6) is 0. The van der Waals surface area contributed by atoms with Gasteiger partial charge in [-0.15, -0.1) is 0 Å². The number of fused-ring (bicyclic) bond motifs is 1. The van der Waals surface area contributed by atoms with Crippen LogP contribution in [0.25, 0.3) is 0 Å². The van der Waals surface area contributed by atoms with E-state index in [-0.39, 0.29) is 24.0 Å². The van der Waals surface area contributed by atoms with Gasteiger partial charge < -0.3 is 39.1 Å². The van der Waals surface area contributed by atoms with Gasteiger partial charge in [0.25, 0.3) is 0 Å². The van der Waals surface area contributed by atoms with Gasteiger partial charge in [0.1, 0.15) is 0 Å². The van der Waals surface area contributed by atoms with Gasteiger partial charge in [-0.05, 0) is 90.3 Å². The fraction of sp³-hybridized carbons (Fsp3) is 0.636. The van der Waals surface area contributed by atoms with Crippen molar-refractivity contribution < 1.29 is 57.4 Å². The molecule has 0 spiro atoms. The van der Waals surface area contributed by atoms with Crippen LogP contribution in [0.4, 0.5) is 0 Å². The van der Waals surface area contributed by atoms with Crippen LogP contribution in [-0.2, 0) is 58.5 Å². The molecule has 0 aromatic heterocycles. The molecule has 0 unspecified atom stereocenters. The molecule has 0 fully saturated rings. The number of nitrogens with zero attached hydrogens (tertiary/aromatic N) is 1. The average molecular weight is 782 g/mol. The standard InChI is InChI=1S/C33H55NO12P4/c1-9-24-26-27(31(13-5,14-6)34(30(26,11-3)12-4)22-23-20-18-17-19-21-23)25(10-2)29(33(16-8,49(41,42)43)50(44,45)46)28(24)32(15-7,47(35,36)37)48(38,39)40/h17-21H,9-16,22H2,1-8H3,(H2,35,36,37)(H2,38,39,40)(H2,41,42,43)(H2,44,45,46). The molecule has 0 bridgehead atoms. The molecule has 17 heteroatoms. The topological polar surface area (TPSA) is 233 Å². The normalized spacial score (nSPS) is 17.3. The highest BCUT2D eigenvalue weighted by molar-refractivity contribution is 7.72. The molecular formula is C33H55NO12P4. The van der Waals surface area contributed by atoms with E-state index in [4.69, 9.17) is 0 Å². The molecule has 2 aromatic rings. The molecule has 50 heavy (non-hydrogen) atoms. The molecule has 1 aliphatic heterocycles. The second kappa shape index (κ2) is 14.7. The second-order valence-corrected chi connectivity index (χ2v) is 21.3. The Bertz CT molecular complexity index is 1600. The third kappa shape index (κ3) is 5.98. The summed E-state index contributed by atoms with van der Waals surface area (Å²) < 4.78 is 55.3. The van der Waals surface area contributed by atoms with Crippen LogP contribution in [0.3, 0.4) is 0 Å². The van der Waals surface area contributed by atoms with E-state index in [0.717, 1.165) is 19.4 Å². The predicted molar refractivity (Wildman–Crippen MR) is 194 cm³/mol. The first-order valence-corrected chi connectivity index (χ1v) is 23.7. The molecule has 0 aliphatic carbocycles. The van der Waals surface area contributed by atoms with Crippen molar-refractivity contribution in [2.24, 2.45) is 0 Å². The number of rotatable bonds is 16. The fourth-order valence-corrected chi connectivity index (χ4v) is 15.8. The van der Waals surface area contributed by atoms with Crippen molar-refractivity contribution in [3.8, 4) is 0 Å². The fourth-order valence-electron chi connectivity index (χ4n) is 9.29. The van der Waals surface area contributed by atoms with Gasteiger partial charge in [-0.3, -0.25) is 23.2 Å². The molecule has 8 N–H and O–H groups in total. The zero-order valence-corrected chi connectivity index (χ0v) is 33.8. The molecule has 0 saturated heterocycles. The molecule has 2 aromatic carbocycles. The van der Waals surface area contributed by atoms with Gasteiger partial charge in [-0.25, -0.2) is 0 Å². The van der Waals surface area contributed by atoms with Crippen molar-refractivity contribution in [2.45, 2.75) is 134 Å². The summed E-state index contributed by atoms with van der Waals surface area (Å²) in [7, 11) is -24.1. The van der Waals surface area contributed by atoms with Crippen molar-refractivity contribution in [1.29, 1.82) is 0 Å². The summed E-state index contributed by atoms with van der Waals surface area (Å²) in [6, 6.07) is 9.60. The van der Waals surface area contributed by atoms with Crippen molar-refractivity contribution in [1.82, 2.24) is 4.90 Å². The van der Waals surface area contributed by atoms with Crippen LogP contribution in [0.5, 0.6) is 0 Å². The summed E-state index contributed by atoms with van der Waals surface area (Å²) in [5.41, 5.74) is -1.29. The first-order chi connectivity index (χ1) is 23.0. The van der Waals surface area contributed by atoms with E-state index < -0.39 is 75.2 Å². The average Bonchev–Trinajstić information content (AvgIpc) is 3.25. The smallest absolute Gasteiger partial charge is 0.323 e. The van der Waals surface area contributed by atoms with Gasteiger partial charge >= 0.3 is 30.4 Å². The first kappa shape index (κ1) is 43.4. The number of benzene rings is 2. The Morgan fingerprint density at radius 3 is 1.06 bits per heavy atom. The van der Waals surface area contributed by atoms with Gasteiger partial charge in [0.05, 0.1) is 0 Å².